The standard InChI is InChI=1S/C10H18NO/c1-4-10(5-2)8-11-7-6-9(3)12-11/h6-7,10H,4-5,8H2,1-3H3/q+1. The van der Waals surface area contributed by atoms with E-state index in [-0.39, 0.29) is 0 Å². The SMILES string of the molecule is CCC(CC)C[n+]1ccc(C)o1. The predicted octanol–water partition coefficient (Wildman–Crippen LogP) is 2.31. The van der Waals surface area contributed by atoms with Crippen molar-refractivity contribution >= 4 is 0 Å². The summed E-state index contributed by atoms with van der Waals surface area (Å²) in [6.07, 6.45) is 4.46. The van der Waals surface area contributed by atoms with Crippen molar-refractivity contribution in [2.75, 3.05) is 0 Å². The Balaban J connectivity index is 2.50. The minimum absolute atomic E-state index is 0.751. The summed E-state index contributed by atoms with van der Waals surface area (Å²) in [5.41, 5.74) is 0. The molecule has 12 heavy (non-hydrogen) atoms. The van der Waals surface area contributed by atoms with E-state index in [0.29, 0.717) is 0 Å². The molecule has 0 radical (unpaired) electrons. The van der Waals surface area contributed by atoms with Crippen LogP contribution in [0.1, 0.15) is 32.4 Å². The third-order valence-electron chi connectivity index (χ3n) is 2.33. The van der Waals surface area contributed by atoms with Crippen molar-refractivity contribution in [2.45, 2.75) is 40.2 Å². The van der Waals surface area contributed by atoms with Gasteiger partial charge < -0.3 is 0 Å². The van der Waals surface area contributed by atoms with Crippen LogP contribution in [-0.2, 0) is 6.54 Å². The highest BCUT2D eigenvalue weighted by Gasteiger charge is 2.13. The molecule has 0 unspecified atom stereocenters. The summed E-state index contributed by atoms with van der Waals surface area (Å²) in [7, 11) is 0. The number of hydrogen-bond acceptors (Lipinski definition) is 1. The van der Waals surface area contributed by atoms with Crippen LogP contribution in [0.25, 0.3) is 0 Å². The average Bonchev–Trinajstić information content (AvgIpc) is 2.47. The molecular formula is C10H18NO+. The van der Waals surface area contributed by atoms with Crippen molar-refractivity contribution in [1.29, 1.82) is 0 Å². The molecule has 0 spiro atoms. The molecule has 0 fully saturated rings. The number of aryl methyl sites for hydroxylation is 1. The van der Waals surface area contributed by atoms with E-state index in [1.54, 1.807) is 0 Å². The molecule has 0 aliphatic heterocycles. The number of nitrogens with zero attached hydrogens (tertiary/aromatic N) is 1. The molecule has 0 saturated carbocycles. The van der Waals surface area contributed by atoms with E-state index in [2.05, 4.69) is 13.8 Å². The van der Waals surface area contributed by atoms with Gasteiger partial charge in [0.25, 0.3) is 0 Å². The summed E-state index contributed by atoms with van der Waals surface area (Å²) >= 11 is 0. The number of rotatable bonds is 4. The van der Waals surface area contributed by atoms with Gasteiger partial charge in [-0.15, -0.1) is 0 Å². The molecule has 0 N–H and O–H groups in total. The van der Waals surface area contributed by atoms with Crippen molar-refractivity contribution in [3.05, 3.63) is 18.0 Å². The van der Waals surface area contributed by atoms with Crippen LogP contribution < -0.4 is 4.74 Å². The third kappa shape index (κ3) is 2.36. The summed E-state index contributed by atoms with van der Waals surface area (Å²) in [4.78, 5) is 0. The summed E-state index contributed by atoms with van der Waals surface area (Å²) < 4.78 is 7.36. The quantitative estimate of drug-likeness (QED) is 0.630. The Labute approximate surface area is 74.2 Å². The Morgan fingerprint density at radius 3 is 2.50 bits per heavy atom. The molecule has 0 amide bonds. The zero-order valence-electron chi connectivity index (χ0n) is 8.21. The summed E-state index contributed by atoms with van der Waals surface area (Å²) in [5.74, 6) is 1.74. The Bertz CT molecular complexity index is 225. The first-order chi connectivity index (χ1) is 5.76. The molecule has 1 aromatic rings. The maximum absolute atomic E-state index is 5.43. The lowest BCUT2D eigenvalue weighted by Gasteiger charge is -2.03. The average molecular weight is 168 g/mol. The van der Waals surface area contributed by atoms with Gasteiger partial charge in [-0.3, -0.25) is 0 Å². The Kier molecular flexibility index (Phi) is 3.32. The van der Waals surface area contributed by atoms with Gasteiger partial charge in [0.15, 0.2) is 12.3 Å². The van der Waals surface area contributed by atoms with Gasteiger partial charge in [-0.1, -0.05) is 13.8 Å². The fourth-order valence-corrected chi connectivity index (χ4v) is 1.33. The molecule has 0 aliphatic rings. The minimum atomic E-state index is 0.751. The van der Waals surface area contributed by atoms with Gasteiger partial charge >= 0.3 is 0 Å². The van der Waals surface area contributed by atoms with E-state index >= 15 is 0 Å². The van der Waals surface area contributed by atoms with Crippen LogP contribution >= 0.6 is 0 Å². The van der Waals surface area contributed by atoms with Crippen molar-refractivity contribution in [1.82, 2.24) is 0 Å². The molecule has 2 nitrogen and oxygen atoms in total. The van der Waals surface area contributed by atoms with Gasteiger partial charge in [-0.05, 0) is 17.6 Å². The van der Waals surface area contributed by atoms with Crippen molar-refractivity contribution < 1.29 is 9.26 Å². The zero-order chi connectivity index (χ0) is 8.97. The molecule has 0 atom stereocenters. The van der Waals surface area contributed by atoms with Crippen LogP contribution in [0.5, 0.6) is 0 Å². The second kappa shape index (κ2) is 4.29. The molecule has 0 bridgehead atoms. The van der Waals surface area contributed by atoms with Crippen molar-refractivity contribution in [2.24, 2.45) is 5.92 Å². The molecule has 0 aliphatic carbocycles. The van der Waals surface area contributed by atoms with E-state index in [9.17, 15) is 0 Å². The lowest BCUT2D eigenvalue weighted by Crippen LogP contribution is -2.34. The first-order valence-electron chi connectivity index (χ1n) is 4.72. The fourth-order valence-electron chi connectivity index (χ4n) is 1.33. The van der Waals surface area contributed by atoms with Crippen molar-refractivity contribution in [3.8, 4) is 0 Å². The predicted molar refractivity (Wildman–Crippen MR) is 47.7 cm³/mol. The first kappa shape index (κ1) is 9.30. The Hall–Kier alpha value is -0.790. The maximum atomic E-state index is 5.43. The fraction of sp³-hybridized carbons (Fsp3) is 0.700. The van der Waals surface area contributed by atoms with E-state index in [1.165, 1.54) is 12.8 Å². The molecule has 1 heterocycles. The minimum Gasteiger partial charge on any atom is -0.242 e. The second-order valence-corrected chi connectivity index (χ2v) is 3.30. The Morgan fingerprint density at radius 1 is 1.42 bits per heavy atom. The smallest absolute Gasteiger partial charge is 0.219 e. The highest BCUT2D eigenvalue weighted by atomic mass is 16.5. The van der Waals surface area contributed by atoms with Crippen LogP contribution in [0, 0.1) is 12.8 Å². The molecule has 0 aromatic carbocycles. The van der Waals surface area contributed by atoms with Crippen molar-refractivity contribution in [3.63, 3.8) is 0 Å². The maximum Gasteiger partial charge on any atom is 0.219 e. The summed E-state index contributed by atoms with van der Waals surface area (Å²) in [5, 5.41) is 0. The molecule has 1 rings (SSSR count). The van der Waals surface area contributed by atoms with E-state index in [4.69, 9.17) is 4.52 Å². The van der Waals surface area contributed by atoms with Gasteiger partial charge in [-0.25, -0.2) is 4.52 Å². The van der Waals surface area contributed by atoms with Crippen LogP contribution in [0.3, 0.4) is 0 Å². The highest BCUT2D eigenvalue weighted by Crippen LogP contribution is 2.07. The van der Waals surface area contributed by atoms with E-state index in [0.717, 1.165) is 18.2 Å². The first-order valence-corrected chi connectivity index (χ1v) is 4.72. The van der Waals surface area contributed by atoms with Gasteiger partial charge in [-0.2, -0.15) is 0 Å². The molecule has 68 valence electrons. The highest BCUT2D eigenvalue weighted by molar-refractivity contribution is 4.84. The lowest BCUT2D eigenvalue weighted by atomic mass is 10.0. The molecule has 1 aromatic heterocycles. The van der Waals surface area contributed by atoms with Gasteiger partial charge in [0.2, 0.25) is 6.20 Å². The van der Waals surface area contributed by atoms with Gasteiger partial charge in [0.05, 0.1) is 6.07 Å². The van der Waals surface area contributed by atoms with Crippen LogP contribution in [0.4, 0.5) is 0 Å². The number of aromatic nitrogens is 1. The zero-order valence-corrected chi connectivity index (χ0v) is 8.21. The topological polar surface area (TPSA) is 17.0 Å². The normalized spacial score (nSPS) is 11.0. The Morgan fingerprint density at radius 2 is 2.08 bits per heavy atom. The molecule has 0 saturated heterocycles. The third-order valence-corrected chi connectivity index (χ3v) is 2.33. The van der Waals surface area contributed by atoms with Gasteiger partial charge in [0, 0.05) is 12.8 Å². The van der Waals surface area contributed by atoms with Crippen LogP contribution in [-0.4, -0.2) is 0 Å². The lowest BCUT2D eigenvalue weighted by molar-refractivity contribution is -0.868. The van der Waals surface area contributed by atoms with Gasteiger partial charge in [0.1, 0.15) is 0 Å². The van der Waals surface area contributed by atoms with Crippen LogP contribution in [0.2, 0.25) is 0 Å². The molecule has 2 heteroatoms. The largest absolute Gasteiger partial charge is 0.242 e. The monoisotopic (exact) mass is 168 g/mol. The summed E-state index contributed by atoms with van der Waals surface area (Å²) in [6, 6.07) is 2.00. The van der Waals surface area contributed by atoms with Crippen LogP contribution in [0.15, 0.2) is 16.8 Å². The second-order valence-electron chi connectivity index (χ2n) is 3.30. The number of hydrogen-bond donors (Lipinski definition) is 0. The van der Waals surface area contributed by atoms with E-state index in [1.807, 2.05) is 23.9 Å². The van der Waals surface area contributed by atoms with E-state index < -0.39 is 0 Å². The summed E-state index contributed by atoms with van der Waals surface area (Å²) in [6.45, 7) is 7.44. The molecular weight excluding hydrogens is 150 g/mol.